The van der Waals surface area contributed by atoms with E-state index in [1.165, 1.54) is 43.0 Å². The molecule has 44 heavy (non-hydrogen) atoms. The molecule has 0 spiro atoms. The predicted molar refractivity (Wildman–Crippen MR) is 161 cm³/mol. The number of carbonyl (C=O) groups excluding carboxylic acids is 2. The Labute approximate surface area is 256 Å². The number of benzene rings is 2. The summed E-state index contributed by atoms with van der Waals surface area (Å²) < 4.78 is 54.8. The number of rotatable bonds is 12. The predicted octanol–water partition coefficient (Wildman–Crippen LogP) is 5.48. The summed E-state index contributed by atoms with van der Waals surface area (Å²) in [5.41, 5.74) is 1.42. The van der Waals surface area contributed by atoms with E-state index in [2.05, 4.69) is 39.3 Å². The Morgan fingerprint density at radius 3 is 2.55 bits per heavy atom. The van der Waals surface area contributed by atoms with Crippen LogP contribution in [0, 0.1) is 5.82 Å². The van der Waals surface area contributed by atoms with Crippen LogP contribution in [0.15, 0.2) is 54.6 Å². The fraction of sp³-hybridized carbons (Fsp3) is 0.515. The molecule has 2 fully saturated rings. The number of amides is 2. The Morgan fingerprint density at radius 1 is 1.11 bits per heavy atom. The first-order valence-electron chi connectivity index (χ1n) is 15.4. The monoisotopic (exact) mass is 618 g/mol. The highest BCUT2D eigenvalue weighted by Gasteiger charge is 2.33. The standard InChI is InChI=1S/C33H42F4N4O3/c1-2-25(26-9-5-3-6-10-26)23-41-20-15-27(39-29(32(41)43)16-19-40-17-7-4-8-18-40)22-38-31(42)14-12-24-11-13-30(28(34)21-24)44-33(35,36)37/h3,5-6,9-14,21,25,27,29,39H,2,4,7-8,15-20,22-23H2,1H3,(H,38,42)/b14-12+/t25-,27+,29+/m1/s1. The van der Waals surface area contributed by atoms with Crippen molar-refractivity contribution < 1.29 is 31.9 Å². The van der Waals surface area contributed by atoms with Gasteiger partial charge >= 0.3 is 6.36 Å². The summed E-state index contributed by atoms with van der Waals surface area (Å²) in [7, 11) is 0. The lowest BCUT2D eigenvalue weighted by molar-refractivity contribution is -0.275. The summed E-state index contributed by atoms with van der Waals surface area (Å²) >= 11 is 0. The van der Waals surface area contributed by atoms with Gasteiger partial charge in [-0.25, -0.2) is 4.39 Å². The van der Waals surface area contributed by atoms with E-state index in [4.69, 9.17) is 0 Å². The Bertz CT molecular complexity index is 1250. The van der Waals surface area contributed by atoms with Crippen molar-refractivity contribution in [2.45, 2.75) is 69.8 Å². The number of hydrogen-bond acceptors (Lipinski definition) is 5. The van der Waals surface area contributed by atoms with Crippen molar-refractivity contribution in [1.82, 2.24) is 20.4 Å². The lowest BCUT2D eigenvalue weighted by atomic mass is 9.95. The van der Waals surface area contributed by atoms with Crippen LogP contribution in [0.1, 0.15) is 62.5 Å². The molecule has 2 saturated heterocycles. The van der Waals surface area contributed by atoms with Gasteiger partial charge in [0.25, 0.3) is 0 Å². The molecule has 2 amide bonds. The van der Waals surface area contributed by atoms with Crippen molar-refractivity contribution in [3.63, 3.8) is 0 Å². The van der Waals surface area contributed by atoms with Crippen molar-refractivity contribution in [2.75, 3.05) is 39.3 Å². The highest BCUT2D eigenvalue weighted by atomic mass is 19.4. The first-order chi connectivity index (χ1) is 21.1. The van der Waals surface area contributed by atoms with Crippen LogP contribution in [0.3, 0.4) is 0 Å². The molecule has 0 saturated carbocycles. The van der Waals surface area contributed by atoms with Crippen LogP contribution in [-0.4, -0.2) is 79.3 Å². The smallest absolute Gasteiger partial charge is 0.403 e. The number of nitrogens with one attached hydrogen (secondary N) is 2. The second-order valence-electron chi connectivity index (χ2n) is 11.5. The maximum Gasteiger partial charge on any atom is 0.573 e. The lowest BCUT2D eigenvalue weighted by Crippen LogP contribution is -2.50. The van der Waals surface area contributed by atoms with Crippen LogP contribution in [0.4, 0.5) is 17.6 Å². The molecule has 3 atom stereocenters. The minimum absolute atomic E-state index is 0.0880. The molecule has 4 rings (SSSR count). The summed E-state index contributed by atoms with van der Waals surface area (Å²) in [6, 6.07) is 12.7. The topological polar surface area (TPSA) is 73.9 Å². The van der Waals surface area contributed by atoms with Crippen LogP contribution in [-0.2, 0) is 9.59 Å². The normalized spacial score (nSPS) is 20.8. The first kappa shape index (κ1) is 33.5. The molecule has 0 unspecified atom stereocenters. The quantitative estimate of drug-likeness (QED) is 0.244. The summed E-state index contributed by atoms with van der Waals surface area (Å²) in [4.78, 5) is 30.8. The molecule has 2 aromatic carbocycles. The lowest BCUT2D eigenvalue weighted by Gasteiger charge is -2.31. The van der Waals surface area contributed by atoms with Crippen LogP contribution < -0.4 is 15.4 Å². The Hall–Kier alpha value is -3.44. The van der Waals surface area contributed by atoms with E-state index in [1.807, 2.05) is 23.1 Å². The molecule has 7 nitrogen and oxygen atoms in total. The molecule has 2 aliphatic heterocycles. The van der Waals surface area contributed by atoms with Gasteiger partial charge in [-0.15, -0.1) is 13.2 Å². The maximum absolute atomic E-state index is 14.0. The highest BCUT2D eigenvalue weighted by molar-refractivity contribution is 5.91. The maximum atomic E-state index is 14.0. The number of hydrogen-bond donors (Lipinski definition) is 2. The second kappa shape index (κ2) is 16.0. The number of alkyl halides is 3. The fourth-order valence-corrected chi connectivity index (χ4v) is 5.87. The van der Waals surface area contributed by atoms with E-state index in [0.29, 0.717) is 25.9 Å². The number of carbonyl (C=O) groups is 2. The third-order valence-electron chi connectivity index (χ3n) is 8.31. The summed E-state index contributed by atoms with van der Waals surface area (Å²) in [5, 5.41) is 6.36. The molecule has 0 aromatic heterocycles. The van der Waals surface area contributed by atoms with Crippen molar-refractivity contribution in [1.29, 1.82) is 0 Å². The van der Waals surface area contributed by atoms with Gasteiger partial charge in [0, 0.05) is 44.2 Å². The summed E-state index contributed by atoms with van der Waals surface area (Å²) in [5.74, 6) is -2.25. The van der Waals surface area contributed by atoms with Gasteiger partial charge in [-0.05, 0) is 74.5 Å². The average molecular weight is 619 g/mol. The number of piperidine rings is 1. The summed E-state index contributed by atoms with van der Waals surface area (Å²) in [6.07, 6.45) is 3.36. The number of nitrogens with zero attached hydrogens (tertiary/aromatic N) is 2. The average Bonchev–Trinajstić information content (AvgIpc) is 3.16. The highest BCUT2D eigenvalue weighted by Crippen LogP contribution is 2.26. The van der Waals surface area contributed by atoms with E-state index in [-0.39, 0.29) is 36.0 Å². The van der Waals surface area contributed by atoms with Gasteiger partial charge in [0.1, 0.15) is 0 Å². The molecular formula is C33H42F4N4O3. The molecule has 2 N–H and O–H groups in total. The minimum Gasteiger partial charge on any atom is -0.403 e. The Morgan fingerprint density at radius 2 is 1.86 bits per heavy atom. The van der Waals surface area contributed by atoms with E-state index in [9.17, 15) is 27.2 Å². The molecule has 2 aliphatic rings. The van der Waals surface area contributed by atoms with E-state index >= 15 is 0 Å². The van der Waals surface area contributed by atoms with Gasteiger partial charge in [-0.3, -0.25) is 9.59 Å². The van der Waals surface area contributed by atoms with Crippen molar-refractivity contribution in [2.24, 2.45) is 0 Å². The third kappa shape index (κ3) is 10.3. The van der Waals surface area contributed by atoms with Crippen LogP contribution in [0.2, 0.25) is 0 Å². The van der Waals surface area contributed by atoms with Crippen LogP contribution in [0.5, 0.6) is 5.75 Å². The zero-order valence-electron chi connectivity index (χ0n) is 25.1. The number of ether oxygens (including phenoxy) is 1. The van der Waals surface area contributed by atoms with Gasteiger partial charge in [-0.2, -0.15) is 0 Å². The van der Waals surface area contributed by atoms with Gasteiger partial charge in [0.05, 0.1) is 6.04 Å². The molecule has 240 valence electrons. The van der Waals surface area contributed by atoms with E-state index < -0.39 is 23.8 Å². The number of likely N-dealkylation sites (tertiary alicyclic amines) is 1. The zero-order valence-corrected chi connectivity index (χ0v) is 25.1. The third-order valence-corrected chi connectivity index (χ3v) is 8.31. The largest absolute Gasteiger partial charge is 0.573 e. The fourth-order valence-electron chi connectivity index (χ4n) is 5.87. The van der Waals surface area contributed by atoms with Crippen molar-refractivity contribution in [3.05, 3.63) is 71.6 Å². The molecule has 0 bridgehead atoms. The van der Waals surface area contributed by atoms with Gasteiger partial charge < -0.3 is 25.2 Å². The van der Waals surface area contributed by atoms with Gasteiger partial charge in [0.15, 0.2) is 11.6 Å². The molecule has 2 heterocycles. The molecule has 11 heteroatoms. The first-order valence-corrected chi connectivity index (χ1v) is 15.4. The van der Waals surface area contributed by atoms with Gasteiger partial charge in [0.2, 0.25) is 11.8 Å². The van der Waals surface area contributed by atoms with E-state index in [0.717, 1.165) is 38.2 Å². The zero-order chi connectivity index (χ0) is 31.5. The minimum atomic E-state index is -5.00. The van der Waals surface area contributed by atoms with Crippen molar-refractivity contribution in [3.8, 4) is 5.75 Å². The molecule has 0 radical (unpaired) electrons. The Balaban J connectivity index is 1.37. The van der Waals surface area contributed by atoms with Crippen LogP contribution >= 0.6 is 0 Å². The number of halogens is 4. The molecular weight excluding hydrogens is 576 g/mol. The van der Waals surface area contributed by atoms with Crippen LogP contribution in [0.25, 0.3) is 6.08 Å². The molecule has 2 aromatic rings. The van der Waals surface area contributed by atoms with E-state index in [1.54, 1.807) is 0 Å². The van der Waals surface area contributed by atoms with Crippen molar-refractivity contribution >= 4 is 17.9 Å². The SMILES string of the molecule is CC[C@H](CN1CC[C@@H](CNC(=O)/C=C/c2ccc(OC(F)(F)F)c(F)c2)N[C@@H](CCN2CCCCC2)C1=O)c1ccccc1. The molecule has 0 aliphatic carbocycles. The van der Waals surface area contributed by atoms with Gasteiger partial charge in [-0.1, -0.05) is 49.7 Å². The second-order valence-corrected chi connectivity index (χ2v) is 11.5. The summed E-state index contributed by atoms with van der Waals surface area (Å²) in [6.45, 7) is 6.54. The Kier molecular flexibility index (Phi) is 12.2.